The number of aromatic nitrogens is 3. The molecule has 0 spiro atoms. The van der Waals surface area contributed by atoms with Crippen LogP contribution < -0.4 is 5.32 Å². The van der Waals surface area contributed by atoms with Gasteiger partial charge in [0.2, 0.25) is 0 Å². The van der Waals surface area contributed by atoms with Gasteiger partial charge in [0.25, 0.3) is 5.91 Å². The summed E-state index contributed by atoms with van der Waals surface area (Å²) in [6.45, 7) is 1.06. The molecule has 150 valence electrons. The van der Waals surface area contributed by atoms with Crippen molar-refractivity contribution in [2.24, 2.45) is 0 Å². The number of carbonyl (C=O) groups excluding carboxylic acids is 1. The zero-order valence-electron chi connectivity index (χ0n) is 15.7. The van der Waals surface area contributed by atoms with Crippen molar-refractivity contribution in [2.45, 2.75) is 26.3 Å². The lowest BCUT2D eigenvalue weighted by molar-refractivity contribution is 0.0704. The maximum Gasteiger partial charge on any atom is 0.320 e. The summed E-state index contributed by atoms with van der Waals surface area (Å²) in [5, 5.41) is 7.58. The Hall–Kier alpha value is -2.65. The van der Waals surface area contributed by atoms with Crippen LogP contribution >= 0.6 is 22.7 Å². The standard InChI is InChI=1S/C20H18F2N4OS2/c1-11(17-25-14-5-3-4-6-15(14)26(17)20(21)22)9-23-18(27)16-12(2)24-19(29-16)13-7-8-28-10-13/h3-8,10-11,20H,9H2,1-2H3,(H,23,27)/t11-/m1/s1. The minimum absolute atomic E-state index is 0.194. The van der Waals surface area contributed by atoms with Crippen molar-refractivity contribution in [1.82, 2.24) is 19.9 Å². The van der Waals surface area contributed by atoms with Crippen LogP contribution in [0, 0.1) is 6.92 Å². The van der Waals surface area contributed by atoms with Gasteiger partial charge in [0.05, 0.1) is 16.7 Å². The highest BCUT2D eigenvalue weighted by Crippen LogP contribution is 2.30. The third-order valence-corrected chi connectivity index (χ3v) is 6.49. The van der Waals surface area contributed by atoms with Gasteiger partial charge in [0, 0.05) is 23.4 Å². The van der Waals surface area contributed by atoms with Crippen LogP contribution in [0.1, 0.15) is 40.6 Å². The molecular weight excluding hydrogens is 414 g/mol. The number of rotatable bonds is 6. The molecule has 1 atom stereocenters. The number of amides is 1. The number of benzene rings is 1. The molecule has 1 N–H and O–H groups in total. The number of nitrogens with one attached hydrogen (secondary N) is 1. The predicted molar refractivity (Wildman–Crippen MR) is 112 cm³/mol. The molecular formula is C20H18F2N4OS2. The van der Waals surface area contributed by atoms with E-state index in [4.69, 9.17) is 0 Å². The molecule has 4 rings (SSSR count). The van der Waals surface area contributed by atoms with Gasteiger partial charge in [-0.1, -0.05) is 19.1 Å². The normalized spacial score (nSPS) is 12.6. The number of thiazole rings is 1. The van der Waals surface area contributed by atoms with Crippen LogP contribution in [0.25, 0.3) is 21.6 Å². The zero-order chi connectivity index (χ0) is 20.5. The maximum atomic E-state index is 13.6. The molecule has 0 fully saturated rings. The summed E-state index contributed by atoms with van der Waals surface area (Å²) in [6.07, 6.45) is 0. The van der Waals surface area contributed by atoms with E-state index >= 15 is 0 Å². The number of aryl methyl sites for hydroxylation is 1. The van der Waals surface area contributed by atoms with Gasteiger partial charge in [-0.05, 0) is 30.5 Å². The van der Waals surface area contributed by atoms with Crippen LogP contribution in [-0.4, -0.2) is 27.0 Å². The maximum absolute atomic E-state index is 13.6. The van der Waals surface area contributed by atoms with Crippen LogP contribution in [0.15, 0.2) is 41.1 Å². The molecule has 1 aromatic carbocycles. The summed E-state index contributed by atoms with van der Waals surface area (Å²) in [5.74, 6) is -0.389. The fourth-order valence-corrected chi connectivity index (χ4v) is 4.84. The highest BCUT2D eigenvalue weighted by atomic mass is 32.1. The lowest BCUT2D eigenvalue weighted by atomic mass is 10.1. The largest absolute Gasteiger partial charge is 0.351 e. The van der Waals surface area contributed by atoms with E-state index in [1.54, 1.807) is 49.4 Å². The topological polar surface area (TPSA) is 59.8 Å². The zero-order valence-corrected chi connectivity index (χ0v) is 17.4. The van der Waals surface area contributed by atoms with E-state index in [0.29, 0.717) is 21.6 Å². The smallest absolute Gasteiger partial charge is 0.320 e. The highest BCUT2D eigenvalue weighted by molar-refractivity contribution is 7.17. The van der Waals surface area contributed by atoms with E-state index < -0.39 is 6.55 Å². The molecule has 0 unspecified atom stereocenters. The van der Waals surface area contributed by atoms with Crippen molar-refractivity contribution in [3.8, 4) is 10.6 Å². The van der Waals surface area contributed by atoms with Crippen LogP contribution in [0.5, 0.6) is 0 Å². The Bertz CT molecular complexity index is 1150. The summed E-state index contributed by atoms with van der Waals surface area (Å²) in [5.41, 5.74) is 2.54. The summed E-state index contributed by atoms with van der Waals surface area (Å²) < 4.78 is 28.2. The first kappa shape index (κ1) is 19.7. The summed E-state index contributed by atoms with van der Waals surface area (Å²) in [7, 11) is 0. The molecule has 0 aliphatic rings. The van der Waals surface area contributed by atoms with E-state index in [9.17, 15) is 13.6 Å². The molecule has 3 heterocycles. The quantitative estimate of drug-likeness (QED) is 0.440. The van der Waals surface area contributed by atoms with Gasteiger partial charge in [0.1, 0.15) is 15.7 Å². The molecule has 0 saturated heterocycles. The molecule has 0 bridgehead atoms. The summed E-state index contributed by atoms with van der Waals surface area (Å²) in [6, 6.07) is 8.75. The first-order chi connectivity index (χ1) is 14.0. The Balaban J connectivity index is 1.52. The molecule has 29 heavy (non-hydrogen) atoms. The highest BCUT2D eigenvalue weighted by Gasteiger charge is 2.23. The molecule has 5 nitrogen and oxygen atoms in total. The third-order valence-electron chi connectivity index (χ3n) is 4.60. The number of fused-ring (bicyclic) bond motifs is 1. The average molecular weight is 433 g/mol. The van der Waals surface area contributed by atoms with Crippen molar-refractivity contribution in [2.75, 3.05) is 6.54 Å². The van der Waals surface area contributed by atoms with Gasteiger partial charge >= 0.3 is 6.55 Å². The lowest BCUT2D eigenvalue weighted by Gasteiger charge is -2.14. The summed E-state index contributed by atoms with van der Waals surface area (Å²) >= 11 is 2.90. The number of thiophene rings is 1. The molecule has 0 saturated carbocycles. The Kier molecular flexibility index (Phi) is 5.42. The number of hydrogen-bond acceptors (Lipinski definition) is 5. The van der Waals surface area contributed by atoms with E-state index in [-0.39, 0.29) is 24.2 Å². The van der Waals surface area contributed by atoms with E-state index in [1.807, 2.05) is 16.8 Å². The van der Waals surface area contributed by atoms with E-state index in [1.165, 1.54) is 11.3 Å². The first-order valence-corrected chi connectivity index (χ1v) is 10.7. The van der Waals surface area contributed by atoms with Gasteiger partial charge in [-0.2, -0.15) is 20.1 Å². The number of nitrogens with zero attached hydrogens (tertiary/aromatic N) is 3. The Labute approximate surface area is 174 Å². The van der Waals surface area contributed by atoms with Gasteiger partial charge in [-0.15, -0.1) is 11.3 Å². The van der Waals surface area contributed by atoms with Crippen molar-refractivity contribution in [1.29, 1.82) is 0 Å². The Morgan fingerprint density at radius 2 is 2.03 bits per heavy atom. The Morgan fingerprint density at radius 1 is 1.24 bits per heavy atom. The van der Waals surface area contributed by atoms with E-state index in [0.717, 1.165) is 15.1 Å². The third kappa shape index (κ3) is 3.79. The lowest BCUT2D eigenvalue weighted by Crippen LogP contribution is -2.28. The fraction of sp³-hybridized carbons (Fsp3) is 0.250. The molecule has 9 heteroatoms. The Morgan fingerprint density at radius 3 is 2.76 bits per heavy atom. The second kappa shape index (κ2) is 8.00. The van der Waals surface area contributed by atoms with Gasteiger partial charge < -0.3 is 5.32 Å². The van der Waals surface area contributed by atoms with Gasteiger partial charge in [-0.3, -0.25) is 9.36 Å². The van der Waals surface area contributed by atoms with Gasteiger partial charge in [0.15, 0.2) is 0 Å². The van der Waals surface area contributed by atoms with Crippen molar-refractivity contribution in [3.05, 3.63) is 57.5 Å². The van der Waals surface area contributed by atoms with Crippen LogP contribution in [-0.2, 0) is 0 Å². The SMILES string of the molecule is Cc1nc(-c2ccsc2)sc1C(=O)NC[C@@H](C)c1nc2ccccc2n1C(F)F. The van der Waals surface area contributed by atoms with Crippen LogP contribution in [0.3, 0.4) is 0 Å². The number of hydrogen-bond donors (Lipinski definition) is 1. The fourth-order valence-electron chi connectivity index (χ4n) is 3.15. The second-order valence-electron chi connectivity index (χ2n) is 6.66. The number of alkyl halides is 2. The molecule has 4 aromatic rings. The molecule has 1 amide bonds. The molecule has 3 aromatic heterocycles. The minimum Gasteiger partial charge on any atom is -0.351 e. The summed E-state index contributed by atoms with van der Waals surface area (Å²) in [4.78, 5) is 22.0. The van der Waals surface area contributed by atoms with Crippen molar-refractivity contribution in [3.63, 3.8) is 0 Å². The first-order valence-electron chi connectivity index (χ1n) is 8.99. The van der Waals surface area contributed by atoms with Gasteiger partial charge in [-0.25, -0.2) is 9.97 Å². The molecule has 0 aliphatic carbocycles. The van der Waals surface area contributed by atoms with Crippen molar-refractivity contribution < 1.29 is 13.6 Å². The predicted octanol–water partition coefficient (Wildman–Crippen LogP) is 5.46. The van der Waals surface area contributed by atoms with Crippen molar-refractivity contribution >= 4 is 39.6 Å². The number of para-hydroxylation sites is 2. The molecule has 0 aliphatic heterocycles. The van der Waals surface area contributed by atoms with E-state index in [2.05, 4.69) is 15.3 Å². The monoisotopic (exact) mass is 432 g/mol. The number of imidazole rings is 1. The number of halogens is 2. The second-order valence-corrected chi connectivity index (χ2v) is 8.44. The average Bonchev–Trinajstić information content (AvgIpc) is 3.43. The number of carbonyl (C=O) groups is 1. The van der Waals surface area contributed by atoms with Crippen LogP contribution in [0.4, 0.5) is 8.78 Å². The molecule has 0 radical (unpaired) electrons. The minimum atomic E-state index is -2.70. The van der Waals surface area contributed by atoms with Crippen LogP contribution in [0.2, 0.25) is 0 Å².